The number of esters is 1. The predicted molar refractivity (Wildman–Crippen MR) is 92.7 cm³/mol. The molecule has 0 aliphatic heterocycles. The molecule has 2 aromatic rings. The topological polar surface area (TPSA) is 44.8 Å². The van der Waals surface area contributed by atoms with E-state index >= 15 is 0 Å². The molecule has 0 heterocycles. The minimum Gasteiger partial charge on any atom is -0.493 e. The monoisotopic (exact) mass is 326 g/mol. The fourth-order valence-corrected chi connectivity index (χ4v) is 3.08. The van der Waals surface area contributed by atoms with Crippen molar-refractivity contribution < 1.29 is 19.0 Å². The first-order valence-corrected chi connectivity index (χ1v) is 8.24. The van der Waals surface area contributed by atoms with Crippen LogP contribution in [0.2, 0.25) is 0 Å². The number of rotatable bonds is 5. The summed E-state index contributed by atoms with van der Waals surface area (Å²) in [7, 11) is 3.03. The number of hydrogen-bond donors (Lipinski definition) is 0. The molecule has 0 radical (unpaired) electrons. The lowest BCUT2D eigenvalue weighted by Gasteiger charge is -2.17. The number of carbonyl (C=O) groups is 1. The summed E-state index contributed by atoms with van der Waals surface area (Å²) in [6.45, 7) is 0. The molecule has 0 unspecified atom stereocenters. The van der Waals surface area contributed by atoms with Crippen LogP contribution in [0.1, 0.15) is 36.0 Å². The molecule has 3 rings (SSSR count). The van der Waals surface area contributed by atoms with Crippen molar-refractivity contribution in [1.82, 2.24) is 0 Å². The first-order chi connectivity index (χ1) is 11.7. The fraction of sp³-hybridized carbons (Fsp3) is 0.350. The SMILES string of the molecule is COC(=O)c1cccc(-c2ccc(OC)c(OC3CCCC3)c2)c1. The largest absolute Gasteiger partial charge is 0.493 e. The number of carbonyl (C=O) groups excluding carboxylic acids is 1. The Morgan fingerprint density at radius 3 is 2.42 bits per heavy atom. The summed E-state index contributed by atoms with van der Waals surface area (Å²) >= 11 is 0. The number of methoxy groups -OCH3 is 2. The highest BCUT2D eigenvalue weighted by Crippen LogP contribution is 2.35. The molecule has 0 N–H and O–H groups in total. The van der Waals surface area contributed by atoms with E-state index in [-0.39, 0.29) is 12.1 Å². The zero-order chi connectivity index (χ0) is 16.9. The zero-order valence-electron chi connectivity index (χ0n) is 14.1. The first kappa shape index (κ1) is 16.4. The third kappa shape index (κ3) is 3.53. The van der Waals surface area contributed by atoms with Gasteiger partial charge in [0.05, 0.1) is 25.9 Å². The summed E-state index contributed by atoms with van der Waals surface area (Å²) in [5.74, 6) is 1.15. The zero-order valence-corrected chi connectivity index (χ0v) is 14.1. The van der Waals surface area contributed by atoms with Crippen LogP contribution in [0.4, 0.5) is 0 Å². The molecule has 126 valence electrons. The van der Waals surface area contributed by atoms with Gasteiger partial charge in [0.25, 0.3) is 0 Å². The summed E-state index contributed by atoms with van der Waals surface area (Å²) in [5, 5.41) is 0. The van der Waals surface area contributed by atoms with Crippen LogP contribution < -0.4 is 9.47 Å². The van der Waals surface area contributed by atoms with E-state index in [0.717, 1.165) is 35.5 Å². The van der Waals surface area contributed by atoms with Gasteiger partial charge in [-0.05, 0) is 61.1 Å². The molecule has 4 heteroatoms. The molecule has 1 aliphatic rings. The molecule has 0 amide bonds. The second-order valence-corrected chi connectivity index (χ2v) is 5.96. The highest BCUT2D eigenvalue weighted by atomic mass is 16.5. The van der Waals surface area contributed by atoms with Crippen LogP contribution in [-0.4, -0.2) is 26.3 Å². The van der Waals surface area contributed by atoms with Crippen molar-refractivity contribution in [3.05, 3.63) is 48.0 Å². The molecular formula is C20H22O4. The molecule has 4 nitrogen and oxygen atoms in total. The summed E-state index contributed by atoms with van der Waals surface area (Å²) in [5.41, 5.74) is 2.45. The maximum absolute atomic E-state index is 11.7. The van der Waals surface area contributed by atoms with Gasteiger partial charge < -0.3 is 14.2 Å². The van der Waals surface area contributed by atoms with Gasteiger partial charge >= 0.3 is 5.97 Å². The van der Waals surface area contributed by atoms with Crippen molar-refractivity contribution in [2.45, 2.75) is 31.8 Å². The molecule has 24 heavy (non-hydrogen) atoms. The van der Waals surface area contributed by atoms with E-state index in [9.17, 15) is 4.79 Å². The van der Waals surface area contributed by atoms with Crippen LogP contribution in [0, 0.1) is 0 Å². The summed E-state index contributed by atoms with van der Waals surface area (Å²) in [4.78, 5) is 11.7. The lowest BCUT2D eigenvalue weighted by Crippen LogP contribution is -2.11. The Morgan fingerprint density at radius 2 is 1.71 bits per heavy atom. The normalized spacial score (nSPS) is 14.4. The van der Waals surface area contributed by atoms with Crippen LogP contribution in [0.25, 0.3) is 11.1 Å². The predicted octanol–water partition coefficient (Wildman–Crippen LogP) is 4.47. The third-order valence-corrected chi connectivity index (χ3v) is 4.38. The van der Waals surface area contributed by atoms with E-state index < -0.39 is 0 Å². The van der Waals surface area contributed by atoms with E-state index in [2.05, 4.69) is 0 Å². The standard InChI is InChI=1S/C20H22O4/c1-22-18-11-10-15(13-19(18)24-17-8-3-4-9-17)14-6-5-7-16(12-14)20(21)23-2/h5-7,10-13,17H,3-4,8-9H2,1-2H3. The van der Waals surface area contributed by atoms with Crippen LogP contribution in [0.3, 0.4) is 0 Å². The highest BCUT2D eigenvalue weighted by molar-refractivity contribution is 5.91. The van der Waals surface area contributed by atoms with Gasteiger partial charge in [-0.25, -0.2) is 4.79 Å². The van der Waals surface area contributed by atoms with Crippen molar-refractivity contribution in [3.8, 4) is 22.6 Å². The summed E-state index contributed by atoms with van der Waals surface area (Å²) in [6, 6.07) is 13.2. The summed E-state index contributed by atoms with van der Waals surface area (Å²) < 4.78 is 16.4. The maximum atomic E-state index is 11.7. The fourth-order valence-electron chi connectivity index (χ4n) is 3.08. The lowest BCUT2D eigenvalue weighted by atomic mass is 10.0. The van der Waals surface area contributed by atoms with Gasteiger partial charge in [0.15, 0.2) is 11.5 Å². The number of hydrogen-bond acceptors (Lipinski definition) is 4. The van der Waals surface area contributed by atoms with Crippen molar-refractivity contribution in [2.75, 3.05) is 14.2 Å². The molecule has 0 spiro atoms. The van der Waals surface area contributed by atoms with Gasteiger partial charge in [-0.3, -0.25) is 0 Å². The van der Waals surface area contributed by atoms with Crippen molar-refractivity contribution in [2.24, 2.45) is 0 Å². The molecule has 0 atom stereocenters. The van der Waals surface area contributed by atoms with Gasteiger partial charge in [-0.1, -0.05) is 18.2 Å². The van der Waals surface area contributed by atoms with Crippen molar-refractivity contribution in [3.63, 3.8) is 0 Å². The van der Waals surface area contributed by atoms with Gasteiger partial charge in [0.2, 0.25) is 0 Å². The van der Waals surface area contributed by atoms with E-state index in [1.165, 1.54) is 20.0 Å². The molecule has 1 saturated carbocycles. The molecule has 1 aliphatic carbocycles. The average Bonchev–Trinajstić information content (AvgIpc) is 3.14. The third-order valence-electron chi connectivity index (χ3n) is 4.38. The van der Waals surface area contributed by atoms with Gasteiger partial charge in [-0.15, -0.1) is 0 Å². The van der Waals surface area contributed by atoms with E-state index in [1.54, 1.807) is 13.2 Å². The van der Waals surface area contributed by atoms with E-state index in [0.29, 0.717) is 5.56 Å². The Labute approximate surface area is 142 Å². The Morgan fingerprint density at radius 1 is 0.958 bits per heavy atom. The molecule has 2 aromatic carbocycles. The first-order valence-electron chi connectivity index (χ1n) is 8.24. The maximum Gasteiger partial charge on any atom is 0.337 e. The number of benzene rings is 2. The second kappa shape index (κ2) is 7.39. The van der Waals surface area contributed by atoms with Gasteiger partial charge in [0, 0.05) is 0 Å². The number of ether oxygens (including phenoxy) is 3. The minimum atomic E-state index is -0.340. The molecule has 0 bridgehead atoms. The molecule has 0 saturated heterocycles. The Hall–Kier alpha value is -2.49. The molecular weight excluding hydrogens is 304 g/mol. The van der Waals surface area contributed by atoms with Crippen LogP contribution in [0.15, 0.2) is 42.5 Å². The second-order valence-electron chi connectivity index (χ2n) is 5.96. The summed E-state index contributed by atoms with van der Waals surface area (Å²) in [6.07, 6.45) is 4.87. The van der Waals surface area contributed by atoms with Crippen LogP contribution in [0.5, 0.6) is 11.5 Å². The Balaban J connectivity index is 1.92. The Bertz CT molecular complexity index is 717. The minimum absolute atomic E-state index is 0.260. The van der Waals surface area contributed by atoms with E-state index in [4.69, 9.17) is 14.2 Å². The highest BCUT2D eigenvalue weighted by Gasteiger charge is 2.19. The van der Waals surface area contributed by atoms with Crippen molar-refractivity contribution >= 4 is 5.97 Å². The molecule has 1 fully saturated rings. The van der Waals surface area contributed by atoms with Crippen molar-refractivity contribution in [1.29, 1.82) is 0 Å². The van der Waals surface area contributed by atoms with Crippen LogP contribution >= 0.6 is 0 Å². The quantitative estimate of drug-likeness (QED) is 0.761. The molecule has 0 aromatic heterocycles. The lowest BCUT2D eigenvalue weighted by molar-refractivity contribution is 0.0601. The van der Waals surface area contributed by atoms with Gasteiger partial charge in [-0.2, -0.15) is 0 Å². The average molecular weight is 326 g/mol. The van der Waals surface area contributed by atoms with E-state index in [1.807, 2.05) is 36.4 Å². The smallest absolute Gasteiger partial charge is 0.337 e. The van der Waals surface area contributed by atoms with Gasteiger partial charge in [0.1, 0.15) is 0 Å². The van der Waals surface area contributed by atoms with Crippen LogP contribution in [-0.2, 0) is 4.74 Å². The Kier molecular flexibility index (Phi) is 5.04.